The van der Waals surface area contributed by atoms with Crippen LogP contribution in [0.2, 0.25) is 0 Å². The van der Waals surface area contributed by atoms with E-state index in [2.05, 4.69) is 4.98 Å². The van der Waals surface area contributed by atoms with Gasteiger partial charge in [-0.15, -0.1) is 0 Å². The quantitative estimate of drug-likeness (QED) is 0.467. The summed E-state index contributed by atoms with van der Waals surface area (Å²) < 4.78 is 11.5. The van der Waals surface area contributed by atoms with E-state index in [-0.39, 0.29) is 17.1 Å². The summed E-state index contributed by atoms with van der Waals surface area (Å²) >= 11 is 0. The molecule has 1 amide bonds. The highest BCUT2D eigenvalue weighted by molar-refractivity contribution is 6.10. The number of amides is 1. The molecule has 1 aliphatic heterocycles. The van der Waals surface area contributed by atoms with Crippen LogP contribution in [0, 0.1) is 20.8 Å². The van der Waals surface area contributed by atoms with Crippen molar-refractivity contribution in [2.45, 2.75) is 26.8 Å². The number of aromatic nitrogens is 1. The van der Waals surface area contributed by atoms with E-state index in [0.717, 1.165) is 22.4 Å². The summed E-state index contributed by atoms with van der Waals surface area (Å²) in [5.74, 6) is 0.771. The second-order valence-corrected chi connectivity index (χ2v) is 8.10. The topological polar surface area (TPSA) is 72.6 Å². The lowest BCUT2D eigenvalue weighted by Gasteiger charge is -2.24. The van der Waals surface area contributed by atoms with Gasteiger partial charge in [0.25, 0.3) is 5.91 Å². The Morgan fingerprint density at radius 1 is 0.969 bits per heavy atom. The van der Waals surface area contributed by atoms with E-state index >= 15 is 0 Å². The van der Waals surface area contributed by atoms with Gasteiger partial charge in [-0.05, 0) is 73.9 Å². The first-order chi connectivity index (χ1) is 15.4. The summed E-state index contributed by atoms with van der Waals surface area (Å²) in [7, 11) is 1.58. The van der Waals surface area contributed by atoms with Crippen molar-refractivity contribution in [2.75, 3.05) is 12.0 Å². The maximum Gasteiger partial charge on any atom is 0.296 e. The highest BCUT2D eigenvalue weighted by Crippen LogP contribution is 2.41. The van der Waals surface area contributed by atoms with Crippen LogP contribution < -0.4 is 15.1 Å². The number of aryl methyl sites for hydroxylation is 3. The molecule has 0 radical (unpaired) electrons. The number of carbonyl (C=O) groups is 1. The maximum atomic E-state index is 13.7. The van der Waals surface area contributed by atoms with E-state index in [0.29, 0.717) is 28.1 Å². The third kappa shape index (κ3) is 2.99. The maximum absolute atomic E-state index is 13.7. The number of pyridine rings is 1. The van der Waals surface area contributed by atoms with Crippen LogP contribution in [-0.4, -0.2) is 18.0 Å². The Hall–Kier alpha value is -3.93. The average molecular weight is 426 g/mol. The van der Waals surface area contributed by atoms with Gasteiger partial charge < -0.3 is 9.15 Å². The lowest BCUT2D eigenvalue weighted by molar-refractivity contribution is 0.0970. The molecule has 32 heavy (non-hydrogen) atoms. The van der Waals surface area contributed by atoms with Crippen molar-refractivity contribution < 1.29 is 13.9 Å². The van der Waals surface area contributed by atoms with Gasteiger partial charge in [0.2, 0.25) is 5.76 Å². The van der Waals surface area contributed by atoms with E-state index < -0.39 is 6.04 Å². The molecule has 6 heteroatoms. The average Bonchev–Trinajstić information content (AvgIpc) is 3.08. The number of methoxy groups -OCH3 is 1. The molecule has 4 aromatic rings. The van der Waals surface area contributed by atoms with Crippen molar-refractivity contribution in [3.8, 4) is 5.75 Å². The summed E-state index contributed by atoms with van der Waals surface area (Å²) in [5, 5.41) is 0.464. The summed E-state index contributed by atoms with van der Waals surface area (Å²) in [6, 6.07) is 15.8. The number of benzene rings is 2. The minimum absolute atomic E-state index is 0.0573. The SMILES string of the molecule is COc1cccc([C@H]2c3c(oc4cc(C)c(C)cc4c3=O)C(=O)N2c2cccc(C)n2)c1. The largest absolute Gasteiger partial charge is 0.497 e. The fourth-order valence-electron chi connectivity index (χ4n) is 4.25. The number of fused-ring (bicyclic) bond motifs is 2. The lowest BCUT2D eigenvalue weighted by Crippen LogP contribution is -2.30. The monoisotopic (exact) mass is 426 g/mol. The molecule has 160 valence electrons. The van der Waals surface area contributed by atoms with Gasteiger partial charge in [-0.2, -0.15) is 0 Å². The predicted octanol–water partition coefficient (Wildman–Crippen LogP) is 4.87. The third-order valence-corrected chi connectivity index (χ3v) is 6.02. The first-order valence-electron chi connectivity index (χ1n) is 10.4. The van der Waals surface area contributed by atoms with Gasteiger partial charge in [-0.25, -0.2) is 4.98 Å². The van der Waals surface area contributed by atoms with E-state index in [1.807, 2.05) is 69.3 Å². The standard InChI is InChI=1S/C26H22N2O4/c1-14-11-19-20(12-15(14)2)32-25-22(24(19)29)23(17-8-6-9-18(13-17)31-4)28(26(25)30)21-10-5-7-16(3)27-21/h5-13,23H,1-4H3/t23-/m0/s1. The number of hydrogen-bond donors (Lipinski definition) is 0. The Morgan fingerprint density at radius 2 is 1.72 bits per heavy atom. The number of hydrogen-bond acceptors (Lipinski definition) is 5. The summed E-state index contributed by atoms with van der Waals surface area (Å²) in [6.45, 7) is 5.77. The molecule has 0 aliphatic carbocycles. The summed E-state index contributed by atoms with van der Waals surface area (Å²) in [4.78, 5) is 33.4. The van der Waals surface area contributed by atoms with Gasteiger partial charge in [0, 0.05) is 5.69 Å². The smallest absolute Gasteiger partial charge is 0.296 e. The van der Waals surface area contributed by atoms with Crippen LogP contribution in [0.15, 0.2) is 63.8 Å². The van der Waals surface area contributed by atoms with Crippen molar-refractivity contribution >= 4 is 22.7 Å². The number of ether oxygens (including phenoxy) is 1. The molecule has 1 aliphatic rings. The van der Waals surface area contributed by atoms with Crippen LogP contribution in [0.25, 0.3) is 11.0 Å². The Morgan fingerprint density at radius 3 is 2.47 bits per heavy atom. The lowest BCUT2D eigenvalue weighted by atomic mass is 9.97. The van der Waals surface area contributed by atoms with E-state index in [1.165, 1.54) is 4.90 Å². The zero-order chi connectivity index (χ0) is 22.6. The van der Waals surface area contributed by atoms with Crippen molar-refractivity contribution in [1.82, 2.24) is 4.98 Å². The fraction of sp³-hybridized carbons (Fsp3) is 0.192. The minimum atomic E-state index is -0.677. The van der Waals surface area contributed by atoms with Crippen LogP contribution >= 0.6 is 0 Å². The molecule has 1 atom stereocenters. The third-order valence-electron chi connectivity index (χ3n) is 6.02. The van der Waals surface area contributed by atoms with Crippen molar-refractivity contribution in [1.29, 1.82) is 0 Å². The molecule has 6 nitrogen and oxygen atoms in total. The van der Waals surface area contributed by atoms with Crippen molar-refractivity contribution in [2.24, 2.45) is 0 Å². The molecule has 0 saturated heterocycles. The first-order valence-corrected chi connectivity index (χ1v) is 10.4. The molecule has 0 bridgehead atoms. The van der Waals surface area contributed by atoms with Crippen molar-refractivity contribution in [3.63, 3.8) is 0 Å². The molecular weight excluding hydrogens is 404 g/mol. The van der Waals surface area contributed by atoms with Gasteiger partial charge in [-0.3, -0.25) is 14.5 Å². The van der Waals surface area contributed by atoms with E-state index in [1.54, 1.807) is 13.2 Å². The van der Waals surface area contributed by atoms with Crippen LogP contribution in [0.3, 0.4) is 0 Å². The minimum Gasteiger partial charge on any atom is -0.497 e. The molecule has 2 aromatic heterocycles. The molecule has 0 N–H and O–H groups in total. The number of nitrogens with zero attached hydrogens (tertiary/aromatic N) is 2. The van der Waals surface area contributed by atoms with Gasteiger partial charge in [0.15, 0.2) is 5.43 Å². The first kappa shape index (κ1) is 20.0. The van der Waals surface area contributed by atoms with E-state index in [9.17, 15) is 9.59 Å². The summed E-state index contributed by atoms with van der Waals surface area (Å²) in [5.41, 5.74) is 4.02. The molecule has 0 unspecified atom stereocenters. The zero-order valence-corrected chi connectivity index (χ0v) is 18.3. The normalized spacial score (nSPS) is 15.3. The van der Waals surface area contributed by atoms with Gasteiger partial charge in [0.05, 0.1) is 24.1 Å². The highest BCUT2D eigenvalue weighted by atomic mass is 16.5. The van der Waals surface area contributed by atoms with Crippen LogP contribution in [-0.2, 0) is 0 Å². The van der Waals surface area contributed by atoms with Crippen LogP contribution in [0.5, 0.6) is 5.75 Å². The summed E-state index contributed by atoms with van der Waals surface area (Å²) in [6.07, 6.45) is 0. The van der Waals surface area contributed by atoms with Crippen molar-refractivity contribution in [3.05, 3.63) is 98.5 Å². The molecular formula is C26H22N2O4. The molecule has 0 saturated carbocycles. The van der Waals surface area contributed by atoms with E-state index in [4.69, 9.17) is 9.15 Å². The Labute approximate surface area is 185 Å². The predicted molar refractivity (Wildman–Crippen MR) is 123 cm³/mol. The van der Waals surface area contributed by atoms with Gasteiger partial charge >= 0.3 is 0 Å². The molecule has 3 heterocycles. The Kier molecular flexibility index (Phi) is 4.59. The Balaban J connectivity index is 1.84. The highest BCUT2D eigenvalue weighted by Gasteiger charge is 2.44. The molecule has 0 spiro atoms. The molecule has 2 aromatic carbocycles. The van der Waals surface area contributed by atoms with Gasteiger partial charge in [-0.1, -0.05) is 18.2 Å². The number of carbonyl (C=O) groups excluding carboxylic acids is 1. The number of anilines is 1. The van der Waals surface area contributed by atoms with Gasteiger partial charge in [0.1, 0.15) is 17.2 Å². The fourth-order valence-corrected chi connectivity index (χ4v) is 4.25. The second kappa shape index (κ2) is 7.34. The second-order valence-electron chi connectivity index (χ2n) is 8.10. The van der Waals surface area contributed by atoms with Crippen LogP contribution in [0.1, 0.15) is 44.5 Å². The number of rotatable bonds is 3. The molecule has 5 rings (SSSR count). The molecule has 0 fully saturated rings. The van der Waals surface area contributed by atoms with Crippen LogP contribution in [0.4, 0.5) is 5.82 Å². The zero-order valence-electron chi connectivity index (χ0n) is 18.3. The Bertz CT molecular complexity index is 1450.